The highest BCUT2D eigenvalue weighted by molar-refractivity contribution is 6.32. The van der Waals surface area contributed by atoms with Crippen LogP contribution in [0.3, 0.4) is 0 Å². The lowest BCUT2D eigenvalue weighted by atomic mass is 10.1. The predicted octanol–water partition coefficient (Wildman–Crippen LogP) is 3.99. The number of benzene rings is 2. The SMILES string of the molecule is COc1cc(OC)c(Nc2cccc(N)c2C)cc1Cl. The Morgan fingerprint density at radius 2 is 1.75 bits per heavy atom. The maximum absolute atomic E-state index is 6.15. The van der Waals surface area contributed by atoms with Gasteiger partial charge < -0.3 is 20.5 Å². The summed E-state index contributed by atoms with van der Waals surface area (Å²) in [5, 5.41) is 3.79. The highest BCUT2D eigenvalue weighted by Gasteiger charge is 2.11. The molecule has 0 amide bonds. The van der Waals surface area contributed by atoms with E-state index in [0.717, 1.165) is 22.6 Å². The van der Waals surface area contributed by atoms with E-state index in [1.807, 2.05) is 25.1 Å². The minimum Gasteiger partial charge on any atom is -0.495 e. The van der Waals surface area contributed by atoms with Crippen molar-refractivity contribution in [1.29, 1.82) is 0 Å². The van der Waals surface area contributed by atoms with Crippen LogP contribution < -0.4 is 20.5 Å². The molecule has 0 aliphatic rings. The van der Waals surface area contributed by atoms with E-state index in [2.05, 4.69) is 5.32 Å². The molecule has 3 N–H and O–H groups in total. The Bertz CT molecular complexity index is 630. The molecule has 20 heavy (non-hydrogen) atoms. The first kappa shape index (κ1) is 14.3. The van der Waals surface area contributed by atoms with Crippen LogP contribution in [0, 0.1) is 6.92 Å². The van der Waals surface area contributed by atoms with Gasteiger partial charge in [0.1, 0.15) is 11.5 Å². The van der Waals surface area contributed by atoms with Gasteiger partial charge >= 0.3 is 0 Å². The Balaban J connectivity index is 2.42. The molecule has 0 saturated heterocycles. The van der Waals surface area contributed by atoms with Crippen LogP contribution >= 0.6 is 11.6 Å². The molecular weight excluding hydrogens is 276 g/mol. The van der Waals surface area contributed by atoms with Gasteiger partial charge in [-0.3, -0.25) is 0 Å². The standard InChI is InChI=1S/C15H17ClN2O2/c1-9-11(17)5-4-6-12(9)18-13-7-10(16)14(19-2)8-15(13)20-3/h4-8,18H,17H2,1-3H3. The van der Waals surface area contributed by atoms with E-state index in [4.69, 9.17) is 26.8 Å². The van der Waals surface area contributed by atoms with Crippen LogP contribution in [0.4, 0.5) is 17.1 Å². The number of ether oxygens (including phenoxy) is 2. The molecular formula is C15H17ClN2O2. The van der Waals surface area contributed by atoms with E-state index < -0.39 is 0 Å². The molecule has 0 bridgehead atoms. The molecule has 106 valence electrons. The molecule has 5 heteroatoms. The van der Waals surface area contributed by atoms with E-state index in [1.54, 1.807) is 26.4 Å². The lowest BCUT2D eigenvalue weighted by Gasteiger charge is -2.16. The van der Waals surface area contributed by atoms with Crippen molar-refractivity contribution >= 4 is 28.7 Å². The van der Waals surface area contributed by atoms with E-state index in [1.165, 1.54) is 0 Å². The Labute approximate surface area is 123 Å². The third-order valence-electron chi connectivity index (χ3n) is 3.12. The maximum Gasteiger partial charge on any atom is 0.146 e. The van der Waals surface area contributed by atoms with Crippen LogP contribution in [0.15, 0.2) is 30.3 Å². The molecule has 0 aliphatic carbocycles. The van der Waals surface area contributed by atoms with Gasteiger partial charge in [0.2, 0.25) is 0 Å². The quantitative estimate of drug-likeness (QED) is 0.837. The highest BCUT2D eigenvalue weighted by atomic mass is 35.5. The molecule has 4 nitrogen and oxygen atoms in total. The Morgan fingerprint density at radius 1 is 1.05 bits per heavy atom. The van der Waals surface area contributed by atoms with Crippen LogP contribution in [0.5, 0.6) is 11.5 Å². The molecule has 0 atom stereocenters. The largest absolute Gasteiger partial charge is 0.495 e. The van der Waals surface area contributed by atoms with Gasteiger partial charge in [0.05, 0.1) is 24.9 Å². The van der Waals surface area contributed by atoms with Crippen molar-refractivity contribution in [3.05, 3.63) is 40.9 Å². The first-order valence-corrected chi connectivity index (χ1v) is 6.48. The van der Waals surface area contributed by atoms with Crippen LogP contribution in [0.1, 0.15) is 5.56 Å². The normalized spacial score (nSPS) is 10.2. The van der Waals surface area contributed by atoms with Crippen LogP contribution in [0.2, 0.25) is 5.02 Å². The summed E-state index contributed by atoms with van der Waals surface area (Å²) < 4.78 is 10.5. The zero-order chi connectivity index (χ0) is 14.7. The minimum absolute atomic E-state index is 0.511. The molecule has 0 fully saturated rings. The van der Waals surface area contributed by atoms with Gasteiger partial charge in [0, 0.05) is 17.4 Å². The highest BCUT2D eigenvalue weighted by Crippen LogP contribution is 2.38. The smallest absolute Gasteiger partial charge is 0.146 e. The zero-order valence-corrected chi connectivity index (χ0v) is 12.4. The molecule has 0 heterocycles. The molecule has 2 aromatic rings. The summed E-state index contributed by atoms with van der Waals surface area (Å²) >= 11 is 6.15. The Kier molecular flexibility index (Phi) is 4.25. The van der Waals surface area contributed by atoms with Crippen molar-refractivity contribution in [2.75, 3.05) is 25.3 Å². The summed E-state index contributed by atoms with van der Waals surface area (Å²) in [4.78, 5) is 0. The van der Waals surface area contributed by atoms with Crippen molar-refractivity contribution in [1.82, 2.24) is 0 Å². The summed E-state index contributed by atoms with van der Waals surface area (Å²) in [6.45, 7) is 1.95. The van der Waals surface area contributed by atoms with Gasteiger partial charge in [0.15, 0.2) is 0 Å². The second kappa shape index (κ2) is 5.92. The Morgan fingerprint density at radius 3 is 2.40 bits per heavy atom. The summed E-state index contributed by atoms with van der Waals surface area (Å²) in [6.07, 6.45) is 0. The summed E-state index contributed by atoms with van der Waals surface area (Å²) in [5.74, 6) is 1.21. The number of nitrogen functional groups attached to an aromatic ring is 1. The number of hydrogen-bond acceptors (Lipinski definition) is 4. The van der Waals surface area contributed by atoms with Crippen molar-refractivity contribution in [2.24, 2.45) is 0 Å². The molecule has 0 saturated carbocycles. The van der Waals surface area contributed by atoms with E-state index in [9.17, 15) is 0 Å². The molecule has 0 radical (unpaired) electrons. The van der Waals surface area contributed by atoms with Gasteiger partial charge in [-0.25, -0.2) is 0 Å². The van der Waals surface area contributed by atoms with E-state index in [-0.39, 0.29) is 0 Å². The van der Waals surface area contributed by atoms with Crippen molar-refractivity contribution in [3.8, 4) is 11.5 Å². The fraction of sp³-hybridized carbons (Fsp3) is 0.200. The molecule has 2 rings (SSSR count). The maximum atomic E-state index is 6.15. The van der Waals surface area contributed by atoms with Gasteiger partial charge in [-0.1, -0.05) is 17.7 Å². The second-order valence-corrected chi connectivity index (χ2v) is 4.74. The van der Waals surface area contributed by atoms with Crippen molar-refractivity contribution in [3.63, 3.8) is 0 Å². The predicted molar refractivity (Wildman–Crippen MR) is 83.4 cm³/mol. The monoisotopic (exact) mass is 292 g/mol. The van der Waals surface area contributed by atoms with Gasteiger partial charge in [0.25, 0.3) is 0 Å². The zero-order valence-electron chi connectivity index (χ0n) is 11.7. The second-order valence-electron chi connectivity index (χ2n) is 4.33. The van der Waals surface area contributed by atoms with Crippen LogP contribution in [-0.4, -0.2) is 14.2 Å². The van der Waals surface area contributed by atoms with Gasteiger partial charge in [-0.2, -0.15) is 0 Å². The summed E-state index contributed by atoms with van der Waals surface area (Å²) in [6, 6.07) is 9.21. The third kappa shape index (κ3) is 2.75. The number of nitrogens with two attached hydrogens (primary N) is 1. The minimum atomic E-state index is 0.511. The summed E-state index contributed by atoms with van der Waals surface area (Å²) in [5.41, 5.74) is 9.27. The fourth-order valence-electron chi connectivity index (χ4n) is 1.89. The number of nitrogens with one attached hydrogen (secondary N) is 1. The topological polar surface area (TPSA) is 56.5 Å². The van der Waals surface area contributed by atoms with Crippen molar-refractivity contribution in [2.45, 2.75) is 6.92 Å². The first-order chi connectivity index (χ1) is 9.56. The Hall–Kier alpha value is -2.07. The van der Waals surface area contributed by atoms with Crippen LogP contribution in [0.25, 0.3) is 0 Å². The molecule has 0 spiro atoms. The lowest BCUT2D eigenvalue weighted by Crippen LogP contribution is -1.99. The first-order valence-electron chi connectivity index (χ1n) is 6.10. The molecule has 0 unspecified atom stereocenters. The van der Waals surface area contributed by atoms with Gasteiger partial charge in [-0.05, 0) is 30.7 Å². The fourth-order valence-corrected chi connectivity index (χ4v) is 2.13. The lowest BCUT2D eigenvalue weighted by molar-refractivity contribution is 0.396. The number of rotatable bonds is 4. The molecule has 0 aliphatic heterocycles. The molecule has 0 aromatic heterocycles. The number of halogens is 1. The third-order valence-corrected chi connectivity index (χ3v) is 3.41. The summed E-state index contributed by atoms with van der Waals surface area (Å²) in [7, 11) is 3.16. The number of hydrogen-bond donors (Lipinski definition) is 2. The molecule has 2 aromatic carbocycles. The van der Waals surface area contributed by atoms with Gasteiger partial charge in [-0.15, -0.1) is 0 Å². The number of methoxy groups -OCH3 is 2. The average molecular weight is 293 g/mol. The van der Waals surface area contributed by atoms with E-state index >= 15 is 0 Å². The average Bonchev–Trinajstić information content (AvgIpc) is 2.44. The van der Waals surface area contributed by atoms with E-state index in [0.29, 0.717) is 16.5 Å². The van der Waals surface area contributed by atoms with Crippen molar-refractivity contribution < 1.29 is 9.47 Å². The van der Waals surface area contributed by atoms with Crippen LogP contribution in [-0.2, 0) is 0 Å². The number of anilines is 3.